The van der Waals surface area contributed by atoms with Gasteiger partial charge in [0.25, 0.3) is 0 Å². The second-order valence-corrected chi connectivity index (χ2v) is 6.23. The van der Waals surface area contributed by atoms with E-state index in [-0.39, 0.29) is 0 Å². The highest BCUT2D eigenvalue weighted by Crippen LogP contribution is 2.38. The van der Waals surface area contributed by atoms with Crippen LogP contribution in [0.2, 0.25) is 5.02 Å². The van der Waals surface area contributed by atoms with E-state index >= 15 is 0 Å². The Morgan fingerprint density at radius 3 is 2.62 bits per heavy atom. The monoisotopic (exact) mass is 335 g/mol. The average Bonchev–Trinajstić information content (AvgIpc) is 2.97. The van der Waals surface area contributed by atoms with Crippen molar-refractivity contribution in [2.24, 2.45) is 0 Å². The van der Waals surface area contributed by atoms with Crippen LogP contribution >= 0.6 is 11.6 Å². The van der Waals surface area contributed by atoms with Crippen LogP contribution in [0.5, 0.6) is 0 Å². The van der Waals surface area contributed by atoms with Crippen molar-refractivity contribution in [3.63, 3.8) is 0 Å². The van der Waals surface area contributed by atoms with Gasteiger partial charge in [0.2, 0.25) is 0 Å². The van der Waals surface area contributed by atoms with Gasteiger partial charge in [0, 0.05) is 10.4 Å². The Labute approximate surface area is 144 Å². The second kappa shape index (κ2) is 5.77. The Hall–Kier alpha value is -2.65. The van der Waals surface area contributed by atoms with Gasteiger partial charge in [0.05, 0.1) is 16.8 Å². The van der Waals surface area contributed by atoms with Crippen LogP contribution in [0.4, 0.5) is 0 Å². The van der Waals surface area contributed by atoms with Gasteiger partial charge in [-0.05, 0) is 47.8 Å². The summed E-state index contributed by atoms with van der Waals surface area (Å²) in [4.78, 5) is 16.6. The van der Waals surface area contributed by atoms with Crippen molar-refractivity contribution < 1.29 is 9.90 Å². The lowest BCUT2D eigenvalue weighted by Gasteiger charge is -2.09. The number of hydrogen-bond donors (Lipinski definition) is 1. The van der Waals surface area contributed by atoms with E-state index in [2.05, 4.69) is 0 Å². The quantitative estimate of drug-likeness (QED) is 0.711. The Morgan fingerprint density at radius 2 is 1.83 bits per heavy atom. The largest absolute Gasteiger partial charge is 0.478 e. The summed E-state index contributed by atoms with van der Waals surface area (Å²) in [5, 5.41) is 11.1. The molecule has 1 aliphatic carbocycles. The third kappa shape index (κ3) is 2.38. The van der Waals surface area contributed by atoms with Crippen molar-refractivity contribution in [2.75, 3.05) is 0 Å². The molecular formula is C20H14ClNO2. The van der Waals surface area contributed by atoms with E-state index in [4.69, 9.17) is 16.6 Å². The number of carbonyl (C=O) groups is 1. The predicted octanol–water partition coefficient (Wildman–Crippen LogP) is 5.07. The highest BCUT2D eigenvalue weighted by atomic mass is 35.5. The molecule has 3 aromatic rings. The fourth-order valence-corrected chi connectivity index (χ4v) is 3.49. The minimum absolute atomic E-state index is 0.373. The van der Waals surface area contributed by atoms with Gasteiger partial charge in [-0.2, -0.15) is 0 Å². The summed E-state index contributed by atoms with van der Waals surface area (Å²) in [7, 11) is 0. The van der Waals surface area contributed by atoms with Crippen molar-refractivity contribution in [1.29, 1.82) is 0 Å². The highest BCUT2D eigenvalue weighted by molar-refractivity contribution is 6.32. The number of carboxylic acid groups (broad SMARTS) is 1. The Morgan fingerprint density at radius 1 is 1.08 bits per heavy atom. The molecule has 0 saturated carbocycles. The van der Waals surface area contributed by atoms with E-state index in [1.54, 1.807) is 0 Å². The number of carboxylic acids is 1. The maximum absolute atomic E-state index is 11.8. The molecule has 1 N–H and O–H groups in total. The van der Waals surface area contributed by atoms with E-state index in [1.165, 1.54) is 0 Å². The zero-order chi connectivity index (χ0) is 16.7. The van der Waals surface area contributed by atoms with Crippen molar-refractivity contribution in [1.82, 2.24) is 4.98 Å². The van der Waals surface area contributed by atoms with E-state index in [1.807, 2.05) is 54.6 Å². The number of allylic oxidation sites excluding steroid dienone is 1. The number of aromatic carboxylic acids is 1. The molecule has 3 nitrogen and oxygen atoms in total. The second-order valence-electron chi connectivity index (χ2n) is 5.83. The number of rotatable bonds is 2. The fraction of sp³-hybridized carbons (Fsp3) is 0.100. The van der Waals surface area contributed by atoms with Crippen LogP contribution in [0.1, 0.15) is 33.6 Å². The number of aromatic nitrogens is 1. The molecule has 0 atom stereocenters. The summed E-state index contributed by atoms with van der Waals surface area (Å²) in [6.07, 6.45) is 3.47. The maximum Gasteiger partial charge on any atom is 0.336 e. The van der Waals surface area contributed by atoms with Gasteiger partial charge in [-0.1, -0.05) is 48.0 Å². The fourth-order valence-electron chi connectivity index (χ4n) is 3.30. The third-order valence-corrected chi connectivity index (χ3v) is 4.73. The van der Waals surface area contributed by atoms with Gasteiger partial charge in [-0.15, -0.1) is 0 Å². The topological polar surface area (TPSA) is 50.2 Å². The van der Waals surface area contributed by atoms with E-state index < -0.39 is 5.97 Å². The lowest BCUT2D eigenvalue weighted by molar-refractivity contribution is 0.0698. The minimum atomic E-state index is -0.899. The molecule has 0 amide bonds. The van der Waals surface area contributed by atoms with Crippen LogP contribution in [0, 0.1) is 0 Å². The highest BCUT2D eigenvalue weighted by Gasteiger charge is 2.26. The molecule has 24 heavy (non-hydrogen) atoms. The summed E-state index contributed by atoms with van der Waals surface area (Å²) in [5.74, 6) is -0.899. The number of fused-ring (bicyclic) bond motifs is 2. The summed E-state index contributed by atoms with van der Waals surface area (Å²) >= 11 is 6.25. The molecule has 1 aromatic heterocycles. The minimum Gasteiger partial charge on any atom is -0.478 e. The smallest absolute Gasteiger partial charge is 0.336 e. The van der Waals surface area contributed by atoms with Crippen molar-refractivity contribution in [3.05, 3.63) is 75.9 Å². The third-order valence-electron chi connectivity index (χ3n) is 4.39. The normalized spacial score (nSPS) is 15.0. The zero-order valence-electron chi connectivity index (χ0n) is 12.8. The van der Waals surface area contributed by atoms with Gasteiger partial charge >= 0.3 is 5.97 Å². The molecule has 0 spiro atoms. The summed E-state index contributed by atoms with van der Waals surface area (Å²) in [5.41, 5.74) is 4.64. The van der Waals surface area contributed by atoms with Crippen molar-refractivity contribution >= 4 is 40.1 Å². The SMILES string of the molecule is O=C(O)c1c2c(nc3ccccc13)/C(=C\c1ccccc1Cl)CC2. The number of hydrogen-bond acceptors (Lipinski definition) is 2. The van der Waals surface area contributed by atoms with Crippen LogP contribution in [0.25, 0.3) is 22.6 Å². The molecule has 0 bridgehead atoms. The molecule has 0 saturated heterocycles. The first-order valence-corrected chi connectivity index (χ1v) is 8.13. The molecule has 1 aliphatic rings. The molecule has 2 aromatic carbocycles. The molecular weight excluding hydrogens is 322 g/mol. The van der Waals surface area contributed by atoms with E-state index in [0.29, 0.717) is 27.9 Å². The Bertz CT molecular complexity index is 1010. The molecule has 0 aliphatic heterocycles. The number of halogens is 1. The first-order valence-electron chi connectivity index (χ1n) is 7.75. The van der Waals surface area contributed by atoms with Crippen LogP contribution in [-0.4, -0.2) is 16.1 Å². The average molecular weight is 336 g/mol. The first-order chi connectivity index (χ1) is 11.6. The van der Waals surface area contributed by atoms with Crippen LogP contribution in [-0.2, 0) is 6.42 Å². The maximum atomic E-state index is 11.8. The van der Waals surface area contributed by atoms with Crippen LogP contribution < -0.4 is 0 Å². The number of para-hydroxylation sites is 1. The predicted molar refractivity (Wildman–Crippen MR) is 96.3 cm³/mol. The lowest BCUT2D eigenvalue weighted by Crippen LogP contribution is -2.05. The van der Waals surface area contributed by atoms with E-state index in [9.17, 15) is 9.90 Å². The molecule has 4 rings (SSSR count). The first kappa shape index (κ1) is 14.9. The Kier molecular flexibility index (Phi) is 3.58. The number of pyridine rings is 1. The summed E-state index contributed by atoms with van der Waals surface area (Å²) in [6, 6.07) is 15.0. The van der Waals surface area contributed by atoms with Gasteiger partial charge in [-0.25, -0.2) is 9.78 Å². The van der Waals surface area contributed by atoms with Crippen LogP contribution in [0.3, 0.4) is 0 Å². The molecule has 0 unspecified atom stereocenters. The number of benzene rings is 2. The standard InChI is InChI=1S/C20H14ClNO2/c21-16-7-3-1-5-12(16)11-13-9-10-15-18(20(23)24)14-6-2-4-8-17(14)22-19(13)15/h1-8,11H,9-10H2,(H,23,24)/b13-11-. The van der Waals surface area contributed by atoms with Gasteiger partial charge in [0.15, 0.2) is 0 Å². The van der Waals surface area contributed by atoms with Gasteiger partial charge in [-0.3, -0.25) is 0 Å². The Balaban J connectivity index is 1.96. The summed E-state index contributed by atoms with van der Waals surface area (Å²) in [6.45, 7) is 0. The summed E-state index contributed by atoms with van der Waals surface area (Å²) < 4.78 is 0. The molecule has 4 heteroatoms. The van der Waals surface area contributed by atoms with Crippen LogP contribution in [0.15, 0.2) is 48.5 Å². The molecule has 0 fully saturated rings. The molecule has 118 valence electrons. The molecule has 1 heterocycles. The van der Waals surface area contributed by atoms with E-state index in [0.717, 1.165) is 28.8 Å². The van der Waals surface area contributed by atoms with Crippen molar-refractivity contribution in [3.8, 4) is 0 Å². The number of nitrogens with zero attached hydrogens (tertiary/aromatic N) is 1. The molecule has 0 radical (unpaired) electrons. The van der Waals surface area contributed by atoms with Gasteiger partial charge < -0.3 is 5.11 Å². The lowest BCUT2D eigenvalue weighted by atomic mass is 10.0. The zero-order valence-corrected chi connectivity index (χ0v) is 13.5. The van der Waals surface area contributed by atoms with Crippen molar-refractivity contribution in [2.45, 2.75) is 12.8 Å². The van der Waals surface area contributed by atoms with Gasteiger partial charge in [0.1, 0.15) is 0 Å².